The Kier molecular flexibility index (Phi) is 6.07. The highest BCUT2D eigenvalue weighted by atomic mass is 16.2. The maximum Gasteiger partial charge on any atom is 0.269 e. The van der Waals surface area contributed by atoms with Gasteiger partial charge >= 0.3 is 0 Å². The maximum absolute atomic E-state index is 12.4. The van der Waals surface area contributed by atoms with Crippen LogP contribution in [0, 0.1) is 5.92 Å². The lowest BCUT2D eigenvalue weighted by Gasteiger charge is -2.14. The maximum atomic E-state index is 12.4. The van der Waals surface area contributed by atoms with Crippen molar-refractivity contribution >= 4 is 11.8 Å². The molecule has 126 valence electrons. The second-order valence-corrected chi connectivity index (χ2v) is 6.14. The predicted molar refractivity (Wildman–Crippen MR) is 93.7 cm³/mol. The third-order valence-corrected chi connectivity index (χ3v) is 3.57. The van der Waals surface area contributed by atoms with Crippen molar-refractivity contribution in [2.24, 2.45) is 5.92 Å². The summed E-state index contributed by atoms with van der Waals surface area (Å²) in [4.78, 5) is 28.5. The van der Waals surface area contributed by atoms with Gasteiger partial charge in [0.15, 0.2) is 0 Å². The molecule has 1 unspecified atom stereocenters. The molecule has 0 bridgehead atoms. The van der Waals surface area contributed by atoms with Crippen LogP contribution in [-0.4, -0.2) is 23.3 Å². The van der Waals surface area contributed by atoms with Gasteiger partial charge in [-0.3, -0.25) is 14.6 Å². The first-order valence-electron chi connectivity index (χ1n) is 8.07. The molecule has 0 aliphatic rings. The first-order chi connectivity index (χ1) is 11.5. The van der Waals surface area contributed by atoms with Crippen LogP contribution in [0.1, 0.15) is 53.2 Å². The minimum Gasteiger partial charge on any atom is -0.350 e. The lowest BCUT2D eigenvalue weighted by molar-refractivity contribution is 0.0939. The number of carbonyl (C=O) groups is 2. The van der Waals surface area contributed by atoms with Gasteiger partial charge in [-0.25, -0.2) is 0 Å². The molecule has 1 aromatic carbocycles. The monoisotopic (exact) mass is 325 g/mol. The summed E-state index contributed by atoms with van der Waals surface area (Å²) in [5.74, 6) is -0.145. The van der Waals surface area contributed by atoms with E-state index in [1.54, 1.807) is 6.07 Å². The predicted octanol–water partition coefficient (Wildman–Crippen LogP) is 2.96. The highest BCUT2D eigenvalue weighted by molar-refractivity contribution is 5.98. The largest absolute Gasteiger partial charge is 0.350 e. The summed E-state index contributed by atoms with van der Waals surface area (Å²) in [5.41, 5.74) is 1.69. The summed E-state index contributed by atoms with van der Waals surface area (Å²) >= 11 is 0. The number of nitrogens with zero attached hydrogens (tertiary/aromatic N) is 1. The number of nitrogens with one attached hydrogen (secondary N) is 2. The molecule has 0 saturated carbocycles. The summed E-state index contributed by atoms with van der Waals surface area (Å²) < 4.78 is 0. The van der Waals surface area contributed by atoms with E-state index in [1.165, 1.54) is 12.3 Å². The summed E-state index contributed by atoms with van der Waals surface area (Å²) in [5, 5.41) is 5.73. The molecule has 2 aromatic rings. The van der Waals surface area contributed by atoms with Gasteiger partial charge in [-0.15, -0.1) is 0 Å². The van der Waals surface area contributed by atoms with Gasteiger partial charge in [0.2, 0.25) is 0 Å². The summed E-state index contributed by atoms with van der Waals surface area (Å²) in [7, 11) is 0. The Morgan fingerprint density at radius 3 is 2.42 bits per heavy atom. The number of hydrogen-bond donors (Lipinski definition) is 2. The molecular formula is C19H23N3O2. The van der Waals surface area contributed by atoms with E-state index in [0.29, 0.717) is 18.0 Å². The lowest BCUT2D eigenvalue weighted by Crippen LogP contribution is -2.29. The van der Waals surface area contributed by atoms with Crippen molar-refractivity contribution in [2.45, 2.75) is 26.8 Å². The van der Waals surface area contributed by atoms with E-state index in [1.807, 2.05) is 51.1 Å². The third kappa shape index (κ3) is 4.91. The highest BCUT2D eigenvalue weighted by Gasteiger charge is 2.14. The smallest absolute Gasteiger partial charge is 0.269 e. The molecule has 2 rings (SSSR count). The Morgan fingerprint density at radius 1 is 1.04 bits per heavy atom. The van der Waals surface area contributed by atoms with E-state index in [9.17, 15) is 9.59 Å². The van der Waals surface area contributed by atoms with Crippen molar-refractivity contribution in [1.82, 2.24) is 15.6 Å². The molecule has 5 nitrogen and oxygen atoms in total. The van der Waals surface area contributed by atoms with Gasteiger partial charge < -0.3 is 10.6 Å². The van der Waals surface area contributed by atoms with Crippen molar-refractivity contribution < 1.29 is 9.59 Å². The van der Waals surface area contributed by atoms with Crippen LogP contribution in [0.15, 0.2) is 48.7 Å². The van der Waals surface area contributed by atoms with Crippen molar-refractivity contribution in [3.8, 4) is 0 Å². The average molecular weight is 325 g/mol. The summed E-state index contributed by atoms with van der Waals surface area (Å²) in [6.07, 6.45) is 1.48. The molecule has 0 radical (unpaired) electrons. The quantitative estimate of drug-likeness (QED) is 0.858. The van der Waals surface area contributed by atoms with Crippen LogP contribution in [0.3, 0.4) is 0 Å². The molecule has 1 heterocycles. The van der Waals surface area contributed by atoms with Crippen molar-refractivity contribution in [1.29, 1.82) is 0 Å². The number of rotatable bonds is 6. The van der Waals surface area contributed by atoms with Gasteiger partial charge in [-0.05, 0) is 30.5 Å². The first-order valence-corrected chi connectivity index (χ1v) is 8.07. The number of pyridine rings is 1. The van der Waals surface area contributed by atoms with Gasteiger partial charge in [0.05, 0.1) is 6.04 Å². The molecule has 0 aliphatic carbocycles. The van der Waals surface area contributed by atoms with Crippen LogP contribution in [0.2, 0.25) is 0 Å². The average Bonchev–Trinajstić information content (AvgIpc) is 2.60. The van der Waals surface area contributed by atoms with Gasteiger partial charge in [-0.1, -0.05) is 44.2 Å². The topological polar surface area (TPSA) is 71.1 Å². The SMILES string of the molecule is CC(C)CNC(=O)c1cc(C(=O)NC(C)c2ccccc2)ccn1. The fourth-order valence-corrected chi connectivity index (χ4v) is 2.19. The van der Waals surface area contributed by atoms with Crippen LogP contribution < -0.4 is 10.6 Å². The van der Waals surface area contributed by atoms with E-state index >= 15 is 0 Å². The zero-order chi connectivity index (χ0) is 17.5. The fraction of sp³-hybridized carbons (Fsp3) is 0.316. The number of carbonyl (C=O) groups excluding carboxylic acids is 2. The lowest BCUT2D eigenvalue weighted by atomic mass is 10.1. The molecule has 2 amide bonds. The number of aromatic nitrogens is 1. The van der Waals surface area contributed by atoms with Crippen LogP contribution in [0.5, 0.6) is 0 Å². The van der Waals surface area contributed by atoms with Crippen LogP contribution in [0.25, 0.3) is 0 Å². The zero-order valence-electron chi connectivity index (χ0n) is 14.2. The Balaban J connectivity index is 2.05. The summed E-state index contributed by atoms with van der Waals surface area (Å²) in [6, 6.07) is 12.7. The van der Waals surface area contributed by atoms with Gasteiger partial charge in [0.1, 0.15) is 5.69 Å². The number of hydrogen-bond acceptors (Lipinski definition) is 3. The van der Waals surface area contributed by atoms with E-state index < -0.39 is 0 Å². The van der Waals surface area contributed by atoms with Crippen LogP contribution in [-0.2, 0) is 0 Å². The normalized spacial score (nSPS) is 11.8. The van der Waals surface area contributed by atoms with Crippen molar-refractivity contribution in [3.63, 3.8) is 0 Å². The first kappa shape index (κ1) is 17.7. The molecule has 24 heavy (non-hydrogen) atoms. The van der Waals surface area contributed by atoms with Gasteiger partial charge in [-0.2, -0.15) is 0 Å². The Morgan fingerprint density at radius 2 is 1.75 bits per heavy atom. The zero-order valence-corrected chi connectivity index (χ0v) is 14.2. The molecule has 0 spiro atoms. The number of benzene rings is 1. The second kappa shape index (κ2) is 8.24. The molecular weight excluding hydrogens is 302 g/mol. The van der Waals surface area contributed by atoms with E-state index in [0.717, 1.165) is 5.56 Å². The van der Waals surface area contributed by atoms with Crippen molar-refractivity contribution in [2.75, 3.05) is 6.54 Å². The summed E-state index contributed by atoms with van der Waals surface area (Å²) in [6.45, 7) is 6.53. The molecule has 0 fully saturated rings. The van der Waals surface area contributed by atoms with E-state index in [-0.39, 0.29) is 23.6 Å². The Hall–Kier alpha value is -2.69. The fourth-order valence-electron chi connectivity index (χ4n) is 2.19. The van der Waals surface area contributed by atoms with E-state index in [2.05, 4.69) is 15.6 Å². The minimum absolute atomic E-state index is 0.120. The Bertz CT molecular complexity index is 699. The molecule has 1 aromatic heterocycles. The molecule has 2 N–H and O–H groups in total. The second-order valence-electron chi connectivity index (χ2n) is 6.14. The minimum atomic E-state index is -0.269. The van der Waals surface area contributed by atoms with Crippen molar-refractivity contribution in [3.05, 3.63) is 65.5 Å². The van der Waals surface area contributed by atoms with Crippen LogP contribution in [0.4, 0.5) is 0 Å². The molecule has 0 aliphatic heterocycles. The molecule has 5 heteroatoms. The van der Waals surface area contributed by atoms with Gasteiger partial charge in [0, 0.05) is 18.3 Å². The Labute approximate surface area is 142 Å². The highest BCUT2D eigenvalue weighted by Crippen LogP contribution is 2.12. The van der Waals surface area contributed by atoms with Gasteiger partial charge in [0.25, 0.3) is 11.8 Å². The number of amides is 2. The molecule has 0 saturated heterocycles. The third-order valence-electron chi connectivity index (χ3n) is 3.57. The standard InChI is InChI=1S/C19H23N3O2/c1-13(2)12-21-19(24)17-11-16(9-10-20-17)18(23)22-14(3)15-7-5-4-6-8-15/h4-11,13-14H,12H2,1-3H3,(H,21,24)(H,22,23). The van der Waals surface area contributed by atoms with E-state index in [4.69, 9.17) is 0 Å². The molecule has 1 atom stereocenters. The van der Waals surface area contributed by atoms with Crippen LogP contribution >= 0.6 is 0 Å².